The SMILES string of the molecule is C=CCC1(O)C(=O)N(Cc2ccccc2)c2cc(Cl)ccc21. The van der Waals surface area contributed by atoms with Gasteiger partial charge in [0.25, 0.3) is 5.91 Å². The zero-order valence-electron chi connectivity index (χ0n) is 12.0. The lowest BCUT2D eigenvalue weighted by Crippen LogP contribution is -2.39. The topological polar surface area (TPSA) is 40.5 Å². The first-order chi connectivity index (χ1) is 10.6. The molecule has 3 nitrogen and oxygen atoms in total. The first-order valence-corrected chi connectivity index (χ1v) is 7.43. The molecule has 2 aromatic rings. The molecule has 1 atom stereocenters. The lowest BCUT2D eigenvalue weighted by molar-refractivity contribution is -0.135. The summed E-state index contributed by atoms with van der Waals surface area (Å²) in [6, 6.07) is 14.8. The van der Waals surface area contributed by atoms with E-state index in [2.05, 4.69) is 6.58 Å². The van der Waals surface area contributed by atoms with Crippen molar-refractivity contribution in [2.75, 3.05) is 4.90 Å². The Balaban J connectivity index is 2.06. The van der Waals surface area contributed by atoms with E-state index in [-0.39, 0.29) is 12.3 Å². The number of rotatable bonds is 4. The summed E-state index contributed by atoms with van der Waals surface area (Å²) in [5, 5.41) is 11.4. The van der Waals surface area contributed by atoms with Gasteiger partial charge >= 0.3 is 0 Å². The molecule has 3 rings (SSSR count). The number of carbonyl (C=O) groups is 1. The van der Waals surface area contributed by atoms with Crippen LogP contribution >= 0.6 is 11.6 Å². The third-order valence-corrected chi connectivity index (χ3v) is 4.15. The second kappa shape index (κ2) is 5.59. The summed E-state index contributed by atoms with van der Waals surface area (Å²) in [6.07, 6.45) is 1.73. The summed E-state index contributed by atoms with van der Waals surface area (Å²) in [5.41, 5.74) is 0.671. The van der Waals surface area contributed by atoms with Crippen molar-refractivity contribution in [2.45, 2.75) is 18.6 Å². The molecule has 1 unspecified atom stereocenters. The van der Waals surface area contributed by atoms with Crippen molar-refractivity contribution in [1.29, 1.82) is 0 Å². The molecule has 1 N–H and O–H groups in total. The standard InChI is InChI=1S/C18H16ClNO2/c1-2-10-18(22)15-9-8-14(19)11-16(15)20(17(18)21)12-13-6-4-3-5-7-13/h2-9,11,22H,1,10,12H2. The second-order valence-corrected chi connectivity index (χ2v) is 5.83. The van der Waals surface area contributed by atoms with E-state index in [1.54, 1.807) is 29.2 Å². The van der Waals surface area contributed by atoms with Crippen LogP contribution in [0, 0.1) is 0 Å². The van der Waals surface area contributed by atoms with Gasteiger partial charge in [-0.05, 0) is 17.7 Å². The summed E-state index contributed by atoms with van der Waals surface area (Å²) in [7, 11) is 0. The predicted octanol–water partition coefficient (Wildman–Crippen LogP) is 3.65. The lowest BCUT2D eigenvalue weighted by Gasteiger charge is -2.22. The van der Waals surface area contributed by atoms with Gasteiger partial charge in [0.1, 0.15) is 0 Å². The highest BCUT2D eigenvalue weighted by molar-refractivity contribution is 6.31. The number of fused-ring (bicyclic) bond motifs is 1. The maximum atomic E-state index is 12.8. The summed E-state index contributed by atoms with van der Waals surface area (Å²) < 4.78 is 0. The largest absolute Gasteiger partial charge is 0.375 e. The Labute approximate surface area is 134 Å². The molecule has 0 fully saturated rings. The van der Waals surface area contributed by atoms with Crippen molar-refractivity contribution in [3.8, 4) is 0 Å². The molecule has 0 spiro atoms. The minimum atomic E-state index is -1.56. The maximum Gasteiger partial charge on any atom is 0.264 e. The number of carbonyl (C=O) groups excluding carboxylic acids is 1. The first kappa shape index (κ1) is 14.8. The van der Waals surface area contributed by atoms with E-state index in [4.69, 9.17) is 11.6 Å². The van der Waals surface area contributed by atoms with Gasteiger partial charge in [-0.15, -0.1) is 6.58 Å². The van der Waals surface area contributed by atoms with Crippen molar-refractivity contribution in [1.82, 2.24) is 0 Å². The fourth-order valence-electron chi connectivity index (χ4n) is 2.85. The lowest BCUT2D eigenvalue weighted by atomic mass is 9.92. The van der Waals surface area contributed by atoms with Crippen LogP contribution in [0.15, 0.2) is 61.2 Å². The van der Waals surface area contributed by atoms with Gasteiger partial charge < -0.3 is 10.0 Å². The molecule has 4 heteroatoms. The van der Waals surface area contributed by atoms with Crippen LogP contribution in [0.2, 0.25) is 5.02 Å². The van der Waals surface area contributed by atoms with E-state index in [1.807, 2.05) is 30.3 Å². The van der Waals surface area contributed by atoms with Crippen molar-refractivity contribution < 1.29 is 9.90 Å². The quantitative estimate of drug-likeness (QED) is 0.875. The molecule has 0 radical (unpaired) electrons. The average molecular weight is 314 g/mol. The highest BCUT2D eigenvalue weighted by atomic mass is 35.5. The van der Waals surface area contributed by atoms with E-state index >= 15 is 0 Å². The summed E-state index contributed by atoms with van der Waals surface area (Å²) >= 11 is 6.07. The summed E-state index contributed by atoms with van der Waals surface area (Å²) in [4.78, 5) is 14.4. The van der Waals surface area contributed by atoms with Crippen LogP contribution in [0.4, 0.5) is 5.69 Å². The molecule has 0 saturated carbocycles. The van der Waals surface area contributed by atoms with Crippen molar-refractivity contribution in [3.05, 3.63) is 77.3 Å². The third kappa shape index (κ3) is 2.32. The Morgan fingerprint density at radius 3 is 2.64 bits per heavy atom. The van der Waals surface area contributed by atoms with Gasteiger partial charge in [0, 0.05) is 17.0 Å². The van der Waals surface area contributed by atoms with E-state index in [9.17, 15) is 9.90 Å². The monoisotopic (exact) mass is 313 g/mol. The molecule has 0 aromatic heterocycles. The van der Waals surface area contributed by atoms with Gasteiger partial charge in [-0.2, -0.15) is 0 Å². The zero-order chi connectivity index (χ0) is 15.7. The van der Waals surface area contributed by atoms with Crippen LogP contribution in [0.5, 0.6) is 0 Å². The third-order valence-electron chi connectivity index (χ3n) is 3.92. The highest BCUT2D eigenvalue weighted by Gasteiger charge is 2.48. The molecule has 112 valence electrons. The number of benzene rings is 2. The molecular formula is C18H16ClNO2. The van der Waals surface area contributed by atoms with E-state index in [0.717, 1.165) is 5.56 Å². The number of aliphatic hydroxyl groups is 1. The molecule has 0 bridgehead atoms. The number of hydrogen-bond acceptors (Lipinski definition) is 2. The molecule has 1 aliphatic heterocycles. The average Bonchev–Trinajstić information content (AvgIpc) is 2.71. The van der Waals surface area contributed by atoms with Crippen LogP contribution in [-0.2, 0) is 16.9 Å². The van der Waals surface area contributed by atoms with E-state index in [1.165, 1.54) is 0 Å². The van der Waals surface area contributed by atoms with Gasteiger partial charge in [0.2, 0.25) is 0 Å². The Morgan fingerprint density at radius 1 is 1.23 bits per heavy atom. The summed E-state index contributed by atoms with van der Waals surface area (Å²) in [5.74, 6) is -0.339. The molecular weight excluding hydrogens is 298 g/mol. The van der Waals surface area contributed by atoms with Gasteiger partial charge in [-0.3, -0.25) is 4.79 Å². The fraction of sp³-hybridized carbons (Fsp3) is 0.167. The molecule has 0 saturated heterocycles. The minimum absolute atomic E-state index is 0.172. The fourth-order valence-corrected chi connectivity index (χ4v) is 3.02. The molecule has 1 heterocycles. The number of halogens is 1. The number of hydrogen-bond donors (Lipinski definition) is 1. The van der Waals surface area contributed by atoms with Crippen LogP contribution in [-0.4, -0.2) is 11.0 Å². The molecule has 22 heavy (non-hydrogen) atoms. The Hall–Kier alpha value is -2.10. The number of anilines is 1. The number of amides is 1. The van der Waals surface area contributed by atoms with Crippen molar-refractivity contribution in [2.24, 2.45) is 0 Å². The van der Waals surface area contributed by atoms with Crippen LogP contribution in [0.25, 0.3) is 0 Å². The smallest absolute Gasteiger partial charge is 0.264 e. The molecule has 1 amide bonds. The first-order valence-electron chi connectivity index (χ1n) is 7.05. The molecule has 2 aromatic carbocycles. The van der Waals surface area contributed by atoms with Crippen LogP contribution in [0.3, 0.4) is 0 Å². The van der Waals surface area contributed by atoms with E-state index < -0.39 is 5.60 Å². The normalized spacial score (nSPS) is 20.1. The van der Waals surface area contributed by atoms with Gasteiger partial charge in [0.05, 0.1) is 12.2 Å². The van der Waals surface area contributed by atoms with E-state index in [0.29, 0.717) is 22.8 Å². The Kier molecular flexibility index (Phi) is 3.77. The predicted molar refractivity (Wildman–Crippen MR) is 87.8 cm³/mol. The van der Waals surface area contributed by atoms with Gasteiger partial charge in [-0.25, -0.2) is 0 Å². The van der Waals surface area contributed by atoms with Gasteiger partial charge in [-0.1, -0.05) is 54.1 Å². The van der Waals surface area contributed by atoms with Crippen molar-refractivity contribution >= 4 is 23.2 Å². The summed E-state index contributed by atoms with van der Waals surface area (Å²) in [6.45, 7) is 4.04. The molecule has 0 aliphatic carbocycles. The molecule has 1 aliphatic rings. The van der Waals surface area contributed by atoms with Crippen LogP contribution < -0.4 is 4.90 Å². The highest BCUT2D eigenvalue weighted by Crippen LogP contribution is 2.44. The Morgan fingerprint density at radius 2 is 1.95 bits per heavy atom. The maximum absolute atomic E-state index is 12.8. The van der Waals surface area contributed by atoms with Gasteiger partial charge in [0.15, 0.2) is 5.60 Å². The van der Waals surface area contributed by atoms with Crippen molar-refractivity contribution in [3.63, 3.8) is 0 Å². The Bertz CT molecular complexity index is 729. The van der Waals surface area contributed by atoms with Crippen LogP contribution in [0.1, 0.15) is 17.5 Å². The second-order valence-electron chi connectivity index (χ2n) is 5.39. The zero-order valence-corrected chi connectivity index (χ0v) is 12.8. The minimum Gasteiger partial charge on any atom is -0.375 e. The number of nitrogens with zero attached hydrogens (tertiary/aromatic N) is 1.